The van der Waals surface area contributed by atoms with Crippen molar-refractivity contribution < 1.29 is 9.59 Å². The lowest BCUT2D eigenvalue weighted by Crippen LogP contribution is -2.29. The molecule has 4 heteroatoms. The standard InChI is InChI=1S/C37H25NO3/c39-35(28-20-10-3-11-21-28)31-33(26-16-6-1-7-17-26)38(30-24-14-5-15-25-30)34(27-18-8-2-9-19-27)32(37(31)41)36(40)29-22-12-4-13-23-29/h1-25H. The molecule has 196 valence electrons. The van der Waals surface area contributed by atoms with Crippen LogP contribution in [0.2, 0.25) is 0 Å². The van der Waals surface area contributed by atoms with Crippen molar-refractivity contribution in [3.8, 4) is 28.2 Å². The zero-order chi connectivity index (χ0) is 28.2. The number of carbonyl (C=O) groups is 2. The smallest absolute Gasteiger partial charge is 0.205 e. The molecule has 0 aliphatic rings. The van der Waals surface area contributed by atoms with Gasteiger partial charge in [0.2, 0.25) is 5.43 Å². The summed E-state index contributed by atoms with van der Waals surface area (Å²) < 4.78 is 1.89. The van der Waals surface area contributed by atoms with Crippen LogP contribution in [-0.4, -0.2) is 16.1 Å². The fourth-order valence-electron chi connectivity index (χ4n) is 5.14. The molecule has 0 saturated carbocycles. The van der Waals surface area contributed by atoms with Gasteiger partial charge in [0.1, 0.15) is 0 Å². The van der Waals surface area contributed by atoms with E-state index in [2.05, 4.69) is 0 Å². The Hall–Kier alpha value is -5.61. The molecule has 0 N–H and O–H groups in total. The van der Waals surface area contributed by atoms with Gasteiger partial charge in [0.25, 0.3) is 0 Å². The van der Waals surface area contributed by atoms with E-state index in [4.69, 9.17) is 0 Å². The molecule has 0 aliphatic carbocycles. The van der Waals surface area contributed by atoms with Crippen LogP contribution in [0.15, 0.2) is 156 Å². The van der Waals surface area contributed by atoms with E-state index in [0.717, 1.165) is 5.69 Å². The van der Waals surface area contributed by atoms with E-state index in [1.807, 2.05) is 108 Å². The van der Waals surface area contributed by atoms with E-state index in [0.29, 0.717) is 33.6 Å². The van der Waals surface area contributed by atoms with Crippen molar-refractivity contribution in [3.05, 3.63) is 184 Å². The summed E-state index contributed by atoms with van der Waals surface area (Å²) in [5.74, 6) is -0.887. The summed E-state index contributed by atoms with van der Waals surface area (Å²) in [5.41, 5.74) is 2.98. The quantitative estimate of drug-likeness (QED) is 0.199. The van der Waals surface area contributed by atoms with Gasteiger partial charge in [-0.15, -0.1) is 0 Å². The highest BCUT2D eigenvalue weighted by Gasteiger charge is 2.32. The highest BCUT2D eigenvalue weighted by Crippen LogP contribution is 2.35. The lowest BCUT2D eigenvalue weighted by Gasteiger charge is -2.25. The first kappa shape index (κ1) is 25.7. The molecule has 0 amide bonds. The summed E-state index contributed by atoms with van der Waals surface area (Å²) in [6, 6.07) is 45.7. The maximum Gasteiger partial charge on any atom is 0.205 e. The first-order valence-electron chi connectivity index (χ1n) is 13.3. The third-order valence-electron chi connectivity index (χ3n) is 7.01. The molecule has 41 heavy (non-hydrogen) atoms. The van der Waals surface area contributed by atoms with Gasteiger partial charge >= 0.3 is 0 Å². The SMILES string of the molecule is O=C(c1ccccc1)c1c(-c2ccccc2)n(-c2ccccc2)c(-c2ccccc2)c(C(=O)c2ccccc2)c1=O. The van der Waals surface area contributed by atoms with Crippen molar-refractivity contribution in [1.29, 1.82) is 0 Å². The molecule has 0 saturated heterocycles. The Morgan fingerprint density at radius 3 is 1.10 bits per heavy atom. The van der Waals surface area contributed by atoms with E-state index < -0.39 is 17.0 Å². The van der Waals surface area contributed by atoms with Crippen molar-refractivity contribution in [2.75, 3.05) is 0 Å². The number of rotatable bonds is 7. The second-order valence-corrected chi connectivity index (χ2v) is 9.57. The Bertz CT molecular complexity index is 1780. The van der Waals surface area contributed by atoms with Crippen molar-refractivity contribution in [2.24, 2.45) is 0 Å². The summed E-state index contributed by atoms with van der Waals surface area (Å²) in [4.78, 5) is 43.3. The number of carbonyl (C=O) groups excluding carboxylic acids is 2. The second kappa shape index (κ2) is 11.2. The largest absolute Gasteiger partial charge is 0.308 e. The highest BCUT2D eigenvalue weighted by atomic mass is 16.2. The Morgan fingerprint density at radius 1 is 0.415 bits per heavy atom. The number of para-hydroxylation sites is 1. The molecule has 6 aromatic rings. The minimum atomic E-state index is -0.599. The van der Waals surface area contributed by atoms with Crippen LogP contribution in [-0.2, 0) is 0 Å². The van der Waals surface area contributed by atoms with E-state index in [-0.39, 0.29) is 11.1 Å². The van der Waals surface area contributed by atoms with Crippen LogP contribution >= 0.6 is 0 Å². The maximum absolute atomic E-state index is 14.7. The minimum Gasteiger partial charge on any atom is -0.308 e. The average molecular weight is 532 g/mol. The number of ketones is 2. The molecular formula is C37H25NO3. The van der Waals surface area contributed by atoms with E-state index in [9.17, 15) is 14.4 Å². The molecule has 6 rings (SSSR count). The molecule has 0 radical (unpaired) electrons. The number of hydrogen-bond acceptors (Lipinski definition) is 3. The highest BCUT2D eigenvalue weighted by molar-refractivity contribution is 6.17. The van der Waals surface area contributed by atoms with Crippen LogP contribution in [0, 0.1) is 0 Å². The second-order valence-electron chi connectivity index (χ2n) is 9.57. The molecule has 0 unspecified atom stereocenters. The van der Waals surface area contributed by atoms with Crippen LogP contribution in [0.4, 0.5) is 0 Å². The van der Waals surface area contributed by atoms with Crippen LogP contribution in [0.25, 0.3) is 28.2 Å². The normalized spacial score (nSPS) is 10.7. The Balaban J connectivity index is 1.85. The first-order valence-corrected chi connectivity index (χ1v) is 13.3. The Morgan fingerprint density at radius 2 is 0.732 bits per heavy atom. The molecule has 5 aromatic carbocycles. The summed E-state index contributed by atoms with van der Waals surface area (Å²) in [6.07, 6.45) is 0. The van der Waals surface area contributed by atoms with Crippen molar-refractivity contribution in [1.82, 2.24) is 4.57 Å². The Kier molecular flexibility index (Phi) is 7.04. The molecule has 1 heterocycles. The number of benzene rings is 5. The van der Waals surface area contributed by atoms with Gasteiger partial charge in [-0.05, 0) is 23.3 Å². The predicted molar refractivity (Wildman–Crippen MR) is 163 cm³/mol. The number of nitrogens with zero attached hydrogens (tertiary/aromatic N) is 1. The predicted octanol–water partition coefficient (Wildman–Crippen LogP) is 7.63. The molecule has 4 nitrogen and oxygen atoms in total. The summed E-state index contributed by atoms with van der Waals surface area (Å²) in [5, 5.41) is 0. The van der Waals surface area contributed by atoms with E-state index >= 15 is 0 Å². The summed E-state index contributed by atoms with van der Waals surface area (Å²) in [7, 11) is 0. The van der Waals surface area contributed by atoms with Gasteiger partial charge in [-0.3, -0.25) is 14.4 Å². The lowest BCUT2D eigenvalue weighted by atomic mass is 9.89. The zero-order valence-corrected chi connectivity index (χ0v) is 22.1. The molecule has 0 fully saturated rings. The number of aromatic nitrogens is 1. The van der Waals surface area contributed by atoms with E-state index in [1.54, 1.807) is 48.5 Å². The van der Waals surface area contributed by atoms with Crippen LogP contribution in [0.5, 0.6) is 0 Å². The molecule has 0 spiro atoms. The average Bonchev–Trinajstić information content (AvgIpc) is 3.05. The van der Waals surface area contributed by atoms with Crippen molar-refractivity contribution >= 4 is 11.6 Å². The van der Waals surface area contributed by atoms with Gasteiger partial charge in [-0.2, -0.15) is 0 Å². The van der Waals surface area contributed by atoms with Crippen LogP contribution in [0.3, 0.4) is 0 Å². The molecule has 0 atom stereocenters. The van der Waals surface area contributed by atoms with Gasteiger partial charge in [-0.25, -0.2) is 0 Å². The molecule has 0 aliphatic heterocycles. The van der Waals surface area contributed by atoms with Gasteiger partial charge < -0.3 is 4.57 Å². The Labute approximate surface area is 237 Å². The third-order valence-corrected chi connectivity index (χ3v) is 7.01. The van der Waals surface area contributed by atoms with Gasteiger partial charge in [0, 0.05) is 16.8 Å². The van der Waals surface area contributed by atoms with E-state index in [1.165, 1.54) is 0 Å². The topological polar surface area (TPSA) is 56.1 Å². The fraction of sp³-hybridized carbons (Fsp3) is 0. The summed E-state index contributed by atoms with van der Waals surface area (Å²) >= 11 is 0. The summed E-state index contributed by atoms with van der Waals surface area (Å²) in [6.45, 7) is 0. The first-order chi connectivity index (χ1) is 20.1. The van der Waals surface area contributed by atoms with Gasteiger partial charge in [0.05, 0.1) is 22.5 Å². The van der Waals surface area contributed by atoms with Gasteiger partial charge in [0.15, 0.2) is 11.6 Å². The lowest BCUT2D eigenvalue weighted by molar-refractivity contribution is 0.103. The maximum atomic E-state index is 14.7. The monoisotopic (exact) mass is 531 g/mol. The van der Waals surface area contributed by atoms with Crippen molar-refractivity contribution in [3.63, 3.8) is 0 Å². The zero-order valence-electron chi connectivity index (χ0n) is 22.1. The number of hydrogen-bond donors (Lipinski definition) is 0. The molecule has 0 bridgehead atoms. The fourth-order valence-corrected chi connectivity index (χ4v) is 5.14. The minimum absolute atomic E-state index is 0.0507. The van der Waals surface area contributed by atoms with Crippen LogP contribution in [0.1, 0.15) is 31.8 Å². The van der Waals surface area contributed by atoms with Crippen LogP contribution < -0.4 is 5.43 Å². The number of pyridine rings is 1. The molecule has 1 aromatic heterocycles. The van der Waals surface area contributed by atoms with Gasteiger partial charge in [-0.1, -0.05) is 140 Å². The third kappa shape index (κ3) is 4.83. The molecular weight excluding hydrogens is 506 g/mol. The van der Waals surface area contributed by atoms with Crippen molar-refractivity contribution in [2.45, 2.75) is 0 Å².